The maximum atomic E-state index is 13.6. The van der Waals surface area contributed by atoms with Crippen molar-refractivity contribution in [3.05, 3.63) is 34.4 Å². The normalized spacial score (nSPS) is 12.8. The summed E-state index contributed by atoms with van der Waals surface area (Å²) in [7, 11) is 1.74. The van der Waals surface area contributed by atoms with E-state index >= 15 is 0 Å². The van der Waals surface area contributed by atoms with Crippen molar-refractivity contribution in [1.82, 2.24) is 5.32 Å². The van der Waals surface area contributed by atoms with Crippen LogP contribution in [0.2, 0.25) is 5.02 Å². The lowest BCUT2D eigenvalue weighted by atomic mass is 10.0. The maximum absolute atomic E-state index is 13.6. The largest absolute Gasteiger partial charge is 0.313 e. The Balaban J connectivity index is 2.95. The average Bonchev–Trinajstić information content (AvgIpc) is 2.26. The van der Waals surface area contributed by atoms with Crippen LogP contribution in [0.4, 0.5) is 8.78 Å². The standard InChI is InChI=1S/C12H16ClF2N/c1-3-4-5-12(16-2)8-6-11(15)9(13)7-10(8)14/h6-7,12,16H,3-5H2,1-2H3. The highest BCUT2D eigenvalue weighted by Gasteiger charge is 2.16. The molecule has 0 aliphatic rings. The van der Waals surface area contributed by atoms with Crippen LogP contribution < -0.4 is 5.32 Å². The van der Waals surface area contributed by atoms with Gasteiger partial charge in [-0.3, -0.25) is 0 Å². The number of nitrogens with one attached hydrogen (secondary N) is 1. The van der Waals surface area contributed by atoms with Gasteiger partial charge in [-0.1, -0.05) is 31.4 Å². The van der Waals surface area contributed by atoms with E-state index in [1.165, 1.54) is 6.07 Å². The second-order valence-electron chi connectivity index (χ2n) is 3.77. The number of hydrogen-bond acceptors (Lipinski definition) is 1. The molecule has 16 heavy (non-hydrogen) atoms. The molecule has 1 rings (SSSR count). The Morgan fingerprint density at radius 2 is 2.00 bits per heavy atom. The molecule has 0 aromatic heterocycles. The summed E-state index contributed by atoms with van der Waals surface area (Å²) >= 11 is 5.50. The van der Waals surface area contributed by atoms with Gasteiger partial charge in [0.05, 0.1) is 5.02 Å². The molecule has 0 fully saturated rings. The topological polar surface area (TPSA) is 12.0 Å². The quantitative estimate of drug-likeness (QED) is 0.774. The fraction of sp³-hybridized carbons (Fsp3) is 0.500. The molecule has 90 valence electrons. The summed E-state index contributed by atoms with van der Waals surface area (Å²) < 4.78 is 26.9. The van der Waals surface area contributed by atoms with Crippen LogP contribution in [0.3, 0.4) is 0 Å². The molecule has 0 spiro atoms. The molecule has 0 aliphatic carbocycles. The van der Waals surface area contributed by atoms with Crippen molar-refractivity contribution in [2.45, 2.75) is 32.2 Å². The summed E-state index contributed by atoms with van der Waals surface area (Å²) in [6.45, 7) is 2.06. The number of benzene rings is 1. The fourth-order valence-electron chi connectivity index (χ4n) is 1.67. The highest BCUT2D eigenvalue weighted by Crippen LogP contribution is 2.26. The maximum Gasteiger partial charge on any atom is 0.142 e. The van der Waals surface area contributed by atoms with Crippen molar-refractivity contribution >= 4 is 11.6 Å². The van der Waals surface area contributed by atoms with Crippen LogP contribution in [0.1, 0.15) is 37.8 Å². The van der Waals surface area contributed by atoms with E-state index in [1.54, 1.807) is 7.05 Å². The van der Waals surface area contributed by atoms with Gasteiger partial charge in [0.15, 0.2) is 0 Å². The lowest BCUT2D eigenvalue weighted by molar-refractivity contribution is 0.486. The number of halogens is 3. The summed E-state index contributed by atoms with van der Waals surface area (Å²) in [6, 6.07) is 2.04. The van der Waals surface area contributed by atoms with E-state index in [-0.39, 0.29) is 11.1 Å². The molecule has 0 saturated heterocycles. The molecule has 1 aromatic rings. The third-order valence-corrected chi connectivity index (χ3v) is 2.90. The van der Waals surface area contributed by atoms with Crippen LogP contribution in [-0.4, -0.2) is 7.05 Å². The van der Waals surface area contributed by atoms with Gasteiger partial charge < -0.3 is 5.32 Å². The molecule has 1 N–H and O–H groups in total. The fourth-order valence-corrected chi connectivity index (χ4v) is 1.82. The van der Waals surface area contributed by atoms with Gasteiger partial charge in [0.1, 0.15) is 11.6 Å². The van der Waals surface area contributed by atoms with Crippen molar-refractivity contribution in [3.63, 3.8) is 0 Å². The highest BCUT2D eigenvalue weighted by atomic mass is 35.5. The SMILES string of the molecule is CCCCC(NC)c1cc(F)c(Cl)cc1F. The Labute approximate surface area is 99.8 Å². The molecular formula is C12H16ClF2N. The van der Waals surface area contributed by atoms with E-state index < -0.39 is 11.6 Å². The zero-order chi connectivity index (χ0) is 12.1. The molecule has 0 aliphatic heterocycles. The minimum absolute atomic E-state index is 0.160. The predicted octanol–water partition coefficient (Wildman–Crippen LogP) is 4.07. The van der Waals surface area contributed by atoms with Crippen molar-refractivity contribution < 1.29 is 8.78 Å². The first-order valence-electron chi connectivity index (χ1n) is 5.41. The second-order valence-corrected chi connectivity index (χ2v) is 4.18. The van der Waals surface area contributed by atoms with Gasteiger partial charge in [-0.05, 0) is 25.6 Å². The van der Waals surface area contributed by atoms with E-state index in [2.05, 4.69) is 12.2 Å². The number of rotatable bonds is 5. The van der Waals surface area contributed by atoms with Crippen molar-refractivity contribution in [2.75, 3.05) is 7.05 Å². The van der Waals surface area contributed by atoms with Gasteiger partial charge in [-0.2, -0.15) is 0 Å². The van der Waals surface area contributed by atoms with Gasteiger partial charge in [-0.15, -0.1) is 0 Å². The first-order valence-corrected chi connectivity index (χ1v) is 5.79. The van der Waals surface area contributed by atoms with E-state index in [0.29, 0.717) is 5.56 Å². The Morgan fingerprint density at radius 3 is 2.56 bits per heavy atom. The van der Waals surface area contributed by atoms with Crippen LogP contribution >= 0.6 is 11.6 Å². The summed E-state index contributed by atoms with van der Waals surface area (Å²) in [5.41, 5.74) is 0.345. The van der Waals surface area contributed by atoms with E-state index in [9.17, 15) is 8.78 Å². The van der Waals surface area contributed by atoms with Gasteiger partial charge in [-0.25, -0.2) is 8.78 Å². The Kier molecular flexibility index (Phi) is 5.16. The number of unbranched alkanes of at least 4 members (excludes halogenated alkanes) is 1. The van der Waals surface area contributed by atoms with Crippen LogP contribution in [0.15, 0.2) is 12.1 Å². The summed E-state index contributed by atoms with van der Waals surface area (Å²) in [4.78, 5) is 0. The molecule has 0 radical (unpaired) electrons. The monoisotopic (exact) mass is 247 g/mol. The molecule has 0 heterocycles. The third kappa shape index (κ3) is 3.16. The minimum atomic E-state index is -0.574. The molecule has 1 unspecified atom stereocenters. The summed E-state index contributed by atoms with van der Waals surface area (Å²) in [5.74, 6) is -1.03. The van der Waals surface area contributed by atoms with Gasteiger partial charge in [0.2, 0.25) is 0 Å². The first-order chi connectivity index (χ1) is 7.60. The third-order valence-electron chi connectivity index (χ3n) is 2.61. The minimum Gasteiger partial charge on any atom is -0.313 e. The van der Waals surface area contributed by atoms with Crippen LogP contribution in [0.5, 0.6) is 0 Å². The zero-order valence-corrected chi connectivity index (χ0v) is 10.2. The number of hydrogen-bond donors (Lipinski definition) is 1. The average molecular weight is 248 g/mol. The molecule has 0 amide bonds. The molecule has 0 saturated carbocycles. The summed E-state index contributed by atoms with van der Waals surface area (Å²) in [5, 5.41) is 2.82. The Morgan fingerprint density at radius 1 is 1.31 bits per heavy atom. The van der Waals surface area contributed by atoms with Crippen molar-refractivity contribution in [1.29, 1.82) is 0 Å². The molecule has 4 heteroatoms. The molecular weight excluding hydrogens is 232 g/mol. The lowest BCUT2D eigenvalue weighted by Gasteiger charge is -2.17. The molecule has 0 bridgehead atoms. The first kappa shape index (κ1) is 13.4. The van der Waals surface area contributed by atoms with Crippen LogP contribution in [0.25, 0.3) is 0 Å². The van der Waals surface area contributed by atoms with E-state index in [1.807, 2.05) is 0 Å². The lowest BCUT2D eigenvalue weighted by Crippen LogP contribution is -2.18. The summed E-state index contributed by atoms with van der Waals surface area (Å²) in [6.07, 6.45) is 2.77. The zero-order valence-electron chi connectivity index (χ0n) is 9.49. The van der Waals surface area contributed by atoms with E-state index in [4.69, 9.17) is 11.6 Å². The molecule has 1 aromatic carbocycles. The van der Waals surface area contributed by atoms with Crippen molar-refractivity contribution in [3.8, 4) is 0 Å². The second kappa shape index (κ2) is 6.16. The Hall–Kier alpha value is -0.670. The van der Waals surface area contributed by atoms with Gasteiger partial charge in [0.25, 0.3) is 0 Å². The smallest absolute Gasteiger partial charge is 0.142 e. The Bertz CT molecular complexity index is 355. The van der Waals surface area contributed by atoms with Gasteiger partial charge >= 0.3 is 0 Å². The predicted molar refractivity (Wildman–Crippen MR) is 62.7 cm³/mol. The van der Waals surface area contributed by atoms with Crippen LogP contribution in [0, 0.1) is 11.6 Å². The molecule has 1 nitrogen and oxygen atoms in total. The van der Waals surface area contributed by atoms with Crippen molar-refractivity contribution in [2.24, 2.45) is 0 Å². The highest BCUT2D eigenvalue weighted by molar-refractivity contribution is 6.30. The van der Waals surface area contributed by atoms with E-state index in [0.717, 1.165) is 25.3 Å². The van der Waals surface area contributed by atoms with Gasteiger partial charge in [0, 0.05) is 11.6 Å². The van der Waals surface area contributed by atoms with Crippen LogP contribution in [-0.2, 0) is 0 Å². The molecule has 1 atom stereocenters.